The van der Waals surface area contributed by atoms with Crippen molar-refractivity contribution in [3.05, 3.63) is 40.9 Å². The molecule has 1 amide bonds. The van der Waals surface area contributed by atoms with Gasteiger partial charge < -0.3 is 9.84 Å². The van der Waals surface area contributed by atoms with Gasteiger partial charge in [-0.1, -0.05) is 12.1 Å². The Morgan fingerprint density at radius 1 is 1.47 bits per heavy atom. The van der Waals surface area contributed by atoms with Crippen LogP contribution < -0.4 is 10.1 Å². The second-order valence-corrected chi connectivity index (χ2v) is 4.87. The Hall–Kier alpha value is -1.92. The Labute approximate surface area is 114 Å². The lowest BCUT2D eigenvalue weighted by molar-refractivity contribution is 0.102. The van der Waals surface area contributed by atoms with Crippen LogP contribution >= 0.6 is 11.3 Å². The van der Waals surface area contributed by atoms with E-state index in [9.17, 15) is 4.79 Å². The van der Waals surface area contributed by atoms with Crippen LogP contribution in [0.3, 0.4) is 0 Å². The zero-order valence-electron chi connectivity index (χ0n) is 10.4. The van der Waals surface area contributed by atoms with Gasteiger partial charge >= 0.3 is 0 Å². The molecule has 0 aliphatic carbocycles. The van der Waals surface area contributed by atoms with Crippen molar-refractivity contribution in [3.63, 3.8) is 0 Å². The molecule has 1 aromatic heterocycles. The van der Waals surface area contributed by atoms with Gasteiger partial charge in [-0.3, -0.25) is 10.1 Å². The SMILES string of the molecule is COc1ccccc1C(=O)Nc1ncc(CCO)s1. The van der Waals surface area contributed by atoms with Crippen molar-refractivity contribution in [3.8, 4) is 5.75 Å². The first-order valence-corrected chi connectivity index (χ1v) is 6.56. The summed E-state index contributed by atoms with van der Waals surface area (Å²) in [6.45, 7) is 0.0715. The summed E-state index contributed by atoms with van der Waals surface area (Å²) in [5, 5.41) is 12.1. The minimum Gasteiger partial charge on any atom is -0.496 e. The van der Waals surface area contributed by atoms with E-state index in [1.165, 1.54) is 18.4 Å². The highest BCUT2D eigenvalue weighted by Crippen LogP contribution is 2.22. The number of aromatic nitrogens is 1. The van der Waals surface area contributed by atoms with Crippen LogP contribution in [0.15, 0.2) is 30.5 Å². The predicted octanol–water partition coefficient (Wildman–Crippen LogP) is 1.94. The number of methoxy groups -OCH3 is 1. The van der Waals surface area contributed by atoms with E-state index in [1.54, 1.807) is 30.5 Å². The highest BCUT2D eigenvalue weighted by atomic mass is 32.1. The normalized spacial score (nSPS) is 10.2. The van der Waals surface area contributed by atoms with E-state index in [-0.39, 0.29) is 12.5 Å². The zero-order chi connectivity index (χ0) is 13.7. The van der Waals surface area contributed by atoms with Gasteiger partial charge in [-0.05, 0) is 12.1 Å². The number of hydrogen-bond acceptors (Lipinski definition) is 5. The number of aliphatic hydroxyl groups excluding tert-OH is 1. The third-order valence-corrected chi connectivity index (χ3v) is 3.46. The molecule has 0 fully saturated rings. The van der Waals surface area contributed by atoms with Crippen LogP contribution in [-0.4, -0.2) is 29.7 Å². The Bertz CT molecular complexity index is 569. The molecule has 6 heteroatoms. The number of carbonyl (C=O) groups excluding carboxylic acids is 1. The van der Waals surface area contributed by atoms with E-state index in [0.29, 0.717) is 22.9 Å². The number of amides is 1. The first-order valence-electron chi connectivity index (χ1n) is 5.74. The molecule has 2 aromatic rings. The second-order valence-electron chi connectivity index (χ2n) is 3.76. The number of aliphatic hydroxyl groups is 1. The van der Waals surface area contributed by atoms with Gasteiger partial charge in [0.25, 0.3) is 5.91 Å². The minimum absolute atomic E-state index is 0.0715. The van der Waals surface area contributed by atoms with Gasteiger partial charge in [0, 0.05) is 24.1 Å². The molecule has 1 aromatic carbocycles. The van der Waals surface area contributed by atoms with Gasteiger partial charge in [0.05, 0.1) is 12.7 Å². The van der Waals surface area contributed by atoms with Crippen LogP contribution in [0.1, 0.15) is 15.2 Å². The molecule has 100 valence electrons. The van der Waals surface area contributed by atoms with Crippen LogP contribution in [0, 0.1) is 0 Å². The zero-order valence-corrected chi connectivity index (χ0v) is 11.2. The molecular weight excluding hydrogens is 264 g/mol. The Morgan fingerprint density at radius 3 is 3.00 bits per heavy atom. The fourth-order valence-electron chi connectivity index (χ4n) is 1.59. The molecule has 0 spiro atoms. The molecular formula is C13H14N2O3S. The van der Waals surface area contributed by atoms with Crippen LogP contribution in [-0.2, 0) is 6.42 Å². The Morgan fingerprint density at radius 2 is 2.26 bits per heavy atom. The number of rotatable bonds is 5. The summed E-state index contributed by atoms with van der Waals surface area (Å²) in [7, 11) is 1.52. The van der Waals surface area contributed by atoms with Crippen LogP contribution in [0.25, 0.3) is 0 Å². The van der Waals surface area contributed by atoms with Gasteiger partial charge in [-0.2, -0.15) is 0 Å². The molecule has 0 atom stereocenters. The van der Waals surface area contributed by atoms with E-state index < -0.39 is 0 Å². The number of nitrogens with zero attached hydrogens (tertiary/aromatic N) is 1. The average molecular weight is 278 g/mol. The number of benzene rings is 1. The Kier molecular flexibility index (Phi) is 4.48. The lowest BCUT2D eigenvalue weighted by Gasteiger charge is -2.06. The van der Waals surface area contributed by atoms with Gasteiger partial charge in [-0.25, -0.2) is 4.98 Å². The standard InChI is InChI=1S/C13H14N2O3S/c1-18-11-5-3-2-4-10(11)12(17)15-13-14-8-9(19-13)6-7-16/h2-5,8,16H,6-7H2,1H3,(H,14,15,17). The fraction of sp³-hybridized carbons (Fsp3) is 0.231. The first kappa shape index (κ1) is 13.5. The summed E-state index contributed by atoms with van der Waals surface area (Å²) < 4.78 is 5.14. The van der Waals surface area contributed by atoms with Gasteiger partial charge in [0.2, 0.25) is 0 Å². The van der Waals surface area contributed by atoms with Crippen LogP contribution in [0.4, 0.5) is 5.13 Å². The van der Waals surface area contributed by atoms with Crippen molar-refractivity contribution >= 4 is 22.4 Å². The summed E-state index contributed by atoms with van der Waals surface area (Å²) in [4.78, 5) is 17.1. The van der Waals surface area contributed by atoms with E-state index in [0.717, 1.165) is 4.88 Å². The maximum atomic E-state index is 12.1. The van der Waals surface area contributed by atoms with Gasteiger partial charge in [0.1, 0.15) is 5.75 Å². The van der Waals surface area contributed by atoms with Crippen LogP contribution in [0.2, 0.25) is 0 Å². The lowest BCUT2D eigenvalue weighted by Crippen LogP contribution is -2.12. The molecule has 1 heterocycles. The molecule has 0 aliphatic rings. The number of anilines is 1. The first-order chi connectivity index (χ1) is 9.24. The molecule has 0 radical (unpaired) electrons. The maximum Gasteiger partial charge on any atom is 0.261 e. The molecule has 0 saturated heterocycles. The van der Waals surface area contributed by atoms with E-state index in [1.807, 2.05) is 0 Å². The summed E-state index contributed by atoms with van der Waals surface area (Å²) in [6, 6.07) is 7.00. The quantitative estimate of drug-likeness (QED) is 0.876. The molecule has 19 heavy (non-hydrogen) atoms. The molecule has 0 unspecified atom stereocenters. The molecule has 0 bridgehead atoms. The van der Waals surface area contributed by atoms with Crippen molar-refractivity contribution in [2.24, 2.45) is 0 Å². The third-order valence-electron chi connectivity index (χ3n) is 2.48. The number of thiazole rings is 1. The number of ether oxygens (including phenoxy) is 1. The topological polar surface area (TPSA) is 71.5 Å². The van der Waals surface area contributed by atoms with Gasteiger partial charge in [-0.15, -0.1) is 11.3 Å². The number of hydrogen-bond donors (Lipinski definition) is 2. The molecule has 0 saturated carbocycles. The van der Waals surface area contributed by atoms with Crippen LogP contribution in [0.5, 0.6) is 5.75 Å². The average Bonchev–Trinajstić information content (AvgIpc) is 2.86. The maximum absolute atomic E-state index is 12.1. The molecule has 5 nitrogen and oxygen atoms in total. The predicted molar refractivity (Wildman–Crippen MR) is 73.9 cm³/mol. The van der Waals surface area contributed by atoms with E-state index >= 15 is 0 Å². The van der Waals surface area contributed by atoms with E-state index in [4.69, 9.17) is 9.84 Å². The smallest absolute Gasteiger partial charge is 0.261 e. The summed E-state index contributed by atoms with van der Waals surface area (Å²) >= 11 is 1.35. The van der Waals surface area contributed by atoms with Crippen molar-refractivity contribution < 1.29 is 14.6 Å². The molecule has 2 N–H and O–H groups in total. The Balaban J connectivity index is 2.11. The number of para-hydroxylation sites is 1. The lowest BCUT2D eigenvalue weighted by atomic mass is 10.2. The van der Waals surface area contributed by atoms with Crippen molar-refractivity contribution in [1.29, 1.82) is 0 Å². The summed E-state index contributed by atoms with van der Waals surface area (Å²) in [5.41, 5.74) is 0.462. The monoisotopic (exact) mass is 278 g/mol. The van der Waals surface area contributed by atoms with Crippen molar-refractivity contribution in [1.82, 2.24) is 4.98 Å². The van der Waals surface area contributed by atoms with E-state index in [2.05, 4.69) is 10.3 Å². The number of nitrogens with one attached hydrogen (secondary N) is 1. The van der Waals surface area contributed by atoms with Crippen molar-refractivity contribution in [2.75, 3.05) is 19.0 Å². The highest BCUT2D eigenvalue weighted by Gasteiger charge is 2.13. The second kappa shape index (κ2) is 6.31. The largest absolute Gasteiger partial charge is 0.496 e. The number of carbonyl (C=O) groups is 1. The highest BCUT2D eigenvalue weighted by molar-refractivity contribution is 7.15. The molecule has 2 rings (SSSR count). The summed E-state index contributed by atoms with van der Waals surface area (Å²) in [5.74, 6) is 0.259. The fourth-order valence-corrected chi connectivity index (χ4v) is 2.38. The van der Waals surface area contributed by atoms with Crippen molar-refractivity contribution in [2.45, 2.75) is 6.42 Å². The third kappa shape index (κ3) is 3.30. The van der Waals surface area contributed by atoms with Gasteiger partial charge in [0.15, 0.2) is 5.13 Å². The molecule has 0 aliphatic heterocycles. The summed E-state index contributed by atoms with van der Waals surface area (Å²) in [6.07, 6.45) is 2.20. The minimum atomic E-state index is -0.262.